The Balaban J connectivity index is 1.36. The average molecular weight is 597 g/mol. The average Bonchev–Trinajstić information content (AvgIpc) is 3.44. The molecular weight excluding hydrogens is 564 g/mol. The molecule has 1 aliphatic rings. The van der Waals surface area contributed by atoms with E-state index in [1.165, 1.54) is 27.1 Å². The van der Waals surface area contributed by atoms with E-state index in [9.17, 15) is 22.8 Å². The first-order valence-electron chi connectivity index (χ1n) is 13.3. The maximum atomic E-state index is 13.4. The Kier molecular flexibility index (Phi) is 8.16. The Labute approximate surface area is 241 Å². The first-order chi connectivity index (χ1) is 19.6. The van der Waals surface area contributed by atoms with Gasteiger partial charge in [0, 0.05) is 26.7 Å². The summed E-state index contributed by atoms with van der Waals surface area (Å²) in [5, 5.41) is 3.11. The van der Waals surface area contributed by atoms with Crippen LogP contribution in [0.1, 0.15) is 40.6 Å². The Bertz CT molecular complexity index is 1810. The molecule has 216 valence electrons. The molecule has 12 heteroatoms. The van der Waals surface area contributed by atoms with Crippen LogP contribution in [0.4, 0.5) is 0 Å². The van der Waals surface area contributed by atoms with E-state index < -0.39 is 21.3 Å². The summed E-state index contributed by atoms with van der Waals surface area (Å²) >= 11 is 1.08. The fraction of sp³-hybridized carbons (Fsp3) is 0.345. The number of amides is 1. The Morgan fingerprint density at radius 3 is 2.44 bits per heavy atom. The number of rotatable bonds is 8. The lowest BCUT2D eigenvalue weighted by Crippen LogP contribution is -2.39. The zero-order valence-corrected chi connectivity index (χ0v) is 24.8. The third-order valence-electron chi connectivity index (χ3n) is 7.47. The second-order valence-electron chi connectivity index (χ2n) is 10.3. The second-order valence-corrected chi connectivity index (χ2v) is 13.3. The number of sulfonamides is 1. The van der Waals surface area contributed by atoms with Crippen molar-refractivity contribution in [3.05, 3.63) is 91.4 Å². The quantitative estimate of drug-likeness (QED) is 0.334. The van der Waals surface area contributed by atoms with Crippen LogP contribution in [0.5, 0.6) is 5.75 Å². The van der Waals surface area contributed by atoms with Crippen molar-refractivity contribution in [1.29, 1.82) is 0 Å². The highest BCUT2D eigenvalue weighted by Crippen LogP contribution is 2.25. The third kappa shape index (κ3) is 5.85. The molecule has 41 heavy (non-hydrogen) atoms. The van der Waals surface area contributed by atoms with Crippen LogP contribution in [0.15, 0.2) is 69.1 Å². The summed E-state index contributed by atoms with van der Waals surface area (Å²) in [5.41, 5.74) is 0.441. The molecule has 0 atom stereocenters. The minimum Gasteiger partial charge on any atom is -0.497 e. The number of methoxy groups -OCH3 is 1. The van der Waals surface area contributed by atoms with Crippen LogP contribution in [0.25, 0.3) is 10.2 Å². The third-order valence-corrected chi connectivity index (χ3v) is 10.6. The van der Waals surface area contributed by atoms with Gasteiger partial charge in [-0.1, -0.05) is 31.2 Å². The Morgan fingerprint density at radius 2 is 1.76 bits per heavy atom. The lowest BCUT2D eigenvalue weighted by atomic mass is 10.0. The zero-order chi connectivity index (χ0) is 29.3. The standard InChI is InChI=1S/C29H32N4O6S2/c1-19-11-13-32(14-12-19)41(37,38)23-9-7-20(8-10-23)18-33-27(35)24-16-25(40-28(24)31(2)29(33)36)26(34)30-17-21-5-4-6-22(15-21)39-3/h4-10,15-16,19H,11-14,17-18H2,1-3H3,(H,30,34). The molecule has 0 bridgehead atoms. The summed E-state index contributed by atoms with van der Waals surface area (Å²) in [4.78, 5) is 40.3. The maximum Gasteiger partial charge on any atom is 0.332 e. The fourth-order valence-corrected chi connectivity index (χ4v) is 7.40. The minimum atomic E-state index is -3.60. The van der Waals surface area contributed by atoms with Gasteiger partial charge in [0.05, 0.1) is 28.8 Å². The van der Waals surface area contributed by atoms with Gasteiger partial charge in [-0.15, -0.1) is 11.3 Å². The molecule has 0 aliphatic carbocycles. The van der Waals surface area contributed by atoms with Crippen molar-refractivity contribution in [3.63, 3.8) is 0 Å². The molecule has 1 aliphatic heterocycles. The first kappa shape index (κ1) is 28.8. The number of hydrogen-bond donors (Lipinski definition) is 1. The molecule has 4 aromatic rings. The van der Waals surface area contributed by atoms with E-state index in [4.69, 9.17) is 4.74 Å². The van der Waals surface area contributed by atoms with Crippen LogP contribution in [0.3, 0.4) is 0 Å². The monoisotopic (exact) mass is 596 g/mol. The second kappa shape index (κ2) is 11.6. The van der Waals surface area contributed by atoms with Crippen LogP contribution in [-0.4, -0.2) is 48.0 Å². The van der Waals surface area contributed by atoms with E-state index in [2.05, 4.69) is 12.2 Å². The van der Waals surface area contributed by atoms with E-state index in [0.29, 0.717) is 40.0 Å². The lowest BCUT2D eigenvalue weighted by molar-refractivity contribution is 0.0955. The molecule has 0 unspecified atom stereocenters. The van der Waals surface area contributed by atoms with Gasteiger partial charge in [-0.3, -0.25) is 18.7 Å². The molecule has 0 spiro atoms. The van der Waals surface area contributed by atoms with Crippen molar-refractivity contribution < 1.29 is 17.9 Å². The Hall–Kier alpha value is -3.74. The summed E-state index contributed by atoms with van der Waals surface area (Å²) < 4.78 is 35.3. The van der Waals surface area contributed by atoms with Crippen molar-refractivity contribution >= 4 is 37.5 Å². The topological polar surface area (TPSA) is 120 Å². The van der Waals surface area contributed by atoms with Gasteiger partial charge in [0.2, 0.25) is 10.0 Å². The van der Waals surface area contributed by atoms with Gasteiger partial charge < -0.3 is 10.1 Å². The number of nitrogens with zero attached hydrogens (tertiary/aromatic N) is 3. The molecule has 3 heterocycles. The largest absolute Gasteiger partial charge is 0.497 e. The van der Waals surface area contributed by atoms with Gasteiger partial charge in [0.1, 0.15) is 10.6 Å². The number of thiophene rings is 1. The van der Waals surface area contributed by atoms with Crippen molar-refractivity contribution in [2.45, 2.75) is 37.8 Å². The highest BCUT2D eigenvalue weighted by atomic mass is 32.2. The minimum absolute atomic E-state index is 0.0315. The number of fused-ring (bicyclic) bond motifs is 1. The molecule has 10 nitrogen and oxygen atoms in total. The summed E-state index contributed by atoms with van der Waals surface area (Å²) in [6, 6.07) is 15.1. The van der Waals surface area contributed by atoms with Crippen molar-refractivity contribution in [2.24, 2.45) is 13.0 Å². The van der Waals surface area contributed by atoms with Crippen LogP contribution >= 0.6 is 11.3 Å². The van der Waals surface area contributed by atoms with E-state index in [1.807, 2.05) is 24.3 Å². The predicted octanol–water partition coefficient (Wildman–Crippen LogP) is 3.17. The summed E-state index contributed by atoms with van der Waals surface area (Å²) in [6.45, 7) is 3.36. The van der Waals surface area contributed by atoms with Crippen LogP contribution in [0.2, 0.25) is 0 Å². The molecule has 0 saturated carbocycles. The zero-order valence-electron chi connectivity index (χ0n) is 23.1. The number of hydrogen-bond acceptors (Lipinski definition) is 7. The number of ether oxygens (including phenoxy) is 1. The van der Waals surface area contributed by atoms with Crippen LogP contribution in [0, 0.1) is 5.92 Å². The molecule has 1 amide bonds. The molecule has 1 N–H and O–H groups in total. The molecule has 2 aromatic heterocycles. The van der Waals surface area contributed by atoms with E-state index in [0.717, 1.165) is 34.3 Å². The maximum absolute atomic E-state index is 13.4. The van der Waals surface area contributed by atoms with E-state index in [-0.39, 0.29) is 29.3 Å². The summed E-state index contributed by atoms with van der Waals surface area (Å²) in [6.07, 6.45) is 1.67. The number of aromatic nitrogens is 2. The predicted molar refractivity (Wildman–Crippen MR) is 158 cm³/mol. The molecule has 5 rings (SSSR count). The normalized spacial score (nSPS) is 14.8. The number of carbonyl (C=O) groups excluding carboxylic acids is 1. The summed E-state index contributed by atoms with van der Waals surface area (Å²) in [7, 11) is -0.471. The van der Waals surface area contributed by atoms with Crippen molar-refractivity contribution in [2.75, 3.05) is 20.2 Å². The molecule has 0 radical (unpaired) electrons. The number of benzene rings is 2. The van der Waals surface area contributed by atoms with Gasteiger partial charge in [0.15, 0.2) is 0 Å². The highest BCUT2D eigenvalue weighted by Gasteiger charge is 2.28. The van der Waals surface area contributed by atoms with Gasteiger partial charge in [0.25, 0.3) is 11.5 Å². The molecular formula is C29H32N4O6S2. The van der Waals surface area contributed by atoms with Crippen LogP contribution < -0.4 is 21.3 Å². The number of carbonyl (C=O) groups is 1. The number of nitrogens with one attached hydrogen (secondary N) is 1. The van der Waals surface area contributed by atoms with Gasteiger partial charge in [-0.05, 0) is 60.2 Å². The smallest absolute Gasteiger partial charge is 0.332 e. The molecule has 1 saturated heterocycles. The Morgan fingerprint density at radius 1 is 1.05 bits per heavy atom. The summed E-state index contributed by atoms with van der Waals surface area (Å²) in [5.74, 6) is 0.837. The van der Waals surface area contributed by atoms with E-state index in [1.54, 1.807) is 26.3 Å². The van der Waals surface area contributed by atoms with Crippen LogP contribution in [-0.2, 0) is 30.2 Å². The lowest BCUT2D eigenvalue weighted by Gasteiger charge is -2.29. The van der Waals surface area contributed by atoms with Crippen molar-refractivity contribution in [3.8, 4) is 5.75 Å². The first-order valence-corrected chi connectivity index (χ1v) is 15.6. The van der Waals surface area contributed by atoms with E-state index >= 15 is 0 Å². The molecule has 2 aromatic carbocycles. The SMILES string of the molecule is COc1cccc(CNC(=O)c2cc3c(=O)n(Cc4ccc(S(=O)(=O)N5CCC(C)CC5)cc4)c(=O)n(C)c3s2)c1. The molecule has 1 fully saturated rings. The van der Waals surface area contributed by atoms with Gasteiger partial charge >= 0.3 is 5.69 Å². The van der Waals surface area contributed by atoms with Crippen molar-refractivity contribution in [1.82, 2.24) is 18.8 Å². The van der Waals surface area contributed by atoms with Gasteiger partial charge in [-0.2, -0.15) is 4.31 Å². The highest BCUT2D eigenvalue weighted by molar-refractivity contribution is 7.89. The number of piperidine rings is 1. The number of aryl methyl sites for hydroxylation is 1. The fourth-order valence-electron chi connectivity index (χ4n) is 4.91. The van der Waals surface area contributed by atoms with Gasteiger partial charge in [-0.25, -0.2) is 13.2 Å².